The van der Waals surface area contributed by atoms with E-state index in [2.05, 4.69) is 15.1 Å². The third-order valence-corrected chi connectivity index (χ3v) is 1.90. The molecule has 0 unspecified atom stereocenters. The summed E-state index contributed by atoms with van der Waals surface area (Å²) in [5, 5.41) is 4.53. The zero-order chi connectivity index (χ0) is 10.1. The van der Waals surface area contributed by atoms with Gasteiger partial charge in [0.1, 0.15) is 5.82 Å². The van der Waals surface area contributed by atoms with Crippen LogP contribution in [0.2, 0.25) is 5.02 Å². The topological polar surface area (TPSA) is 69.6 Å². The van der Waals surface area contributed by atoms with Crippen LogP contribution in [0.25, 0.3) is 5.95 Å². The van der Waals surface area contributed by atoms with Gasteiger partial charge < -0.3 is 5.73 Å². The number of anilines is 1. The lowest BCUT2D eigenvalue weighted by Gasteiger charge is -2.00. The van der Waals surface area contributed by atoms with Gasteiger partial charge in [0, 0.05) is 11.8 Å². The van der Waals surface area contributed by atoms with E-state index in [4.69, 9.17) is 17.3 Å². The van der Waals surface area contributed by atoms with Crippen LogP contribution in [0.5, 0.6) is 0 Å². The van der Waals surface area contributed by atoms with E-state index in [-0.39, 0.29) is 0 Å². The fourth-order valence-electron chi connectivity index (χ4n) is 1.12. The van der Waals surface area contributed by atoms with E-state index in [9.17, 15) is 0 Å². The maximum Gasteiger partial charge on any atom is 0.250 e. The Labute approximate surface area is 85.5 Å². The SMILES string of the molecule is Cc1cc(N)nn1-c1ncc(Cl)cn1. The van der Waals surface area contributed by atoms with Gasteiger partial charge in [-0.3, -0.25) is 0 Å². The van der Waals surface area contributed by atoms with E-state index >= 15 is 0 Å². The third kappa shape index (κ3) is 1.54. The van der Waals surface area contributed by atoms with Crippen molar-refractivity contribution in [2.24, 2.45) is 0 Å². The van der Waals surface area contributed by atoms with Crippen molar-refractivity contribution in [2.75, 3.05) is 5.73 Å². The molecule has 0 aliphatic carbocycles. The summed E-state index contributed by atoms with van der Waals surface area (Å²) in [6, 6.07) is 1.75. The molecule has 0 aliphatic rings. The molecule has 0 spiro atoms. The molecule has 2 rings (SSSR count). The van der Waals surface area contributed by atoms with E-state index < -0.39 is 0 Å². The molecular weight excluding hydrogens is 202 g/mol. The molecule has 0 radical (unpaired) electrons. The van der Waals surface area contributed by atoms with Crippen molar-refractivity contribution >= 4 is 17.4 Å². The molecule has 0 bridgehead atoms. The highest BCUT2D eigenvalue weighted by atomic mass is 35.5. The van der Waals surface area contributed by atoms with Crippen LogP contribution in [-0.4, -0.2) is 19.7 Å². The van der Waals surface area contributed by atoms with Crippen LogP contribution in [0.1, 0.15) is 5.69 Å². The predicted octanol–water partition coefficient (Wildman–Crippen LogP) is 1.21. The molecule has 2 N–H and O–H groups in total. The molecule has 14 heavy (non-hydrogen) atoms. The maximum atomic E-state index is 5.66. The smallest absolute Gasteiger partial charge is 0.250 e. The second-order valence-corrected chi connectivity index (χ2v) is 3.26. The van der Waals surface area contributed by atoms with Crippen LogP contribution < -0.4 is 5.73 Å². The molecule has 0 saturated carbocycles. The van der Waals surface area contributed by atoms with E-state index in [0.29, 0.717) is 16.8 Å². The maximum absolute atomic E-state index is 5.66. The van der Waals surface area contributed by atoms with Crippen LogP contribution in [0, 0.1) is 6.92 Å². The van der Waals surface area contributed by atoms with E-state index in [0.717, 1.165) is 5.69 Å². The van der Waals surface area contributed by atoms with Gasteiger partial charge in [-0.15, -0.1) is 5.10 Å². The van der Waals surface area contributed by atoms with Crippen LogP contribution in [0.15, 0.2) is 18.5 Å². The number of nitrogens with two attached hydrogens (primary N) is 1. The van der Waals surface area contributed by atoms with Crippen molar-refractivity contribution < 1.29 is 0 Å². The standard InChI is InChI=1S/C8H8ClN5/c1-5-2-7(10)13-14(5)8-11-3-6(9)4-12-8/h2-4H,1H3,(H2,10,13). The first-order valence-electron chi connectivity index (χ1n) is 3.97. The molecule has 0 amide bonds. The Bertz CT molecular complexity index is 447. The predicted molar refractivity (Wildman–Crippen MR) is 53.3 cm³/mol. The van der Waals surface area contributed by atoms with Gasteiger partial charge in [-0.25, -0.2) is 14.6 Å². The minimum absolute atomic E-state index is 0.445. The summed E-state index contributed by atoms with van der Waals surface area (Å²) in [7, 11) is 0. The van der Waals surface area contributed by atoms with Gasteiger partial charge in [-0.05, 0) is 6.92 Å². The molecule has 72 valence electrons. The quantitative estimate of drug-likeness (QED) is 0.767. The summed E-state index contributed by atoms with van der Waals surface area (Å²) in [6.45, 7) is 1.88. The largest absolute Gasteiger partial charge is 0.382 e. The second-order valence-electron chi connectivity index (χ2n) is 2.82. The molecule has 6 heteroatoms. The Morgan fingerprint density at radius 2 is 2.00 bits per heavy atom. The van der Waals surface area contributed by atoms with Gasteiger partial charge >= 0.3 is 0 Å². The average Bonchev–Trinajstić information content (AvgIpc) is 2.47. The second kappa shape index (κ2) is 3.26. The Balaban J connectivity index is 2.49. The van der Waals surface area contributed by atoms with Gasteiger partial charge in [-0.2, -0.15) is 0 Å². The van der Waals surface area contributed by atoms with Crippen LogP contribution in [0.3, 0.4) is 0 Å². The van der Waals surface area contributed by atoms with Gasteiger partial charge in [0.2, 0.25) is 0 Å². The summed E-state index contributed by atoms with van der Waals surface area (Å²) in [6.07, 6.45) is 3.03. The summed E-state index contributed by atoms with van der Waals surface area (Å²) in [5.74, 6) is 0.907. The van der Waals surface area contributed by atoms with Crippen LogP contribution in [0.4, 0.5) is 5.82 Å². The first-order chi connectivity index (χ1) is 6.66. The number of hydrogen-bond donors (Lipinski definition) is 1. The lowest BCUT2D eigenvalue weighted by Crippen LogP contribution is -2.04. The van der Waals surface area contributed by atoms with E-state index in [1.807, 2.05) is 6.92 Å². The Kier molecular flexibility index (Phi) is 2.09. The van der Waals surface area contributed by atoms with E-state index in [1.165, 1.54) is 12.4 Å². The zero-order valence-electron chi connectivity index (χ0n) is 7.48. The fourth-order valence-corrected chi connectivity index (χ4v) is 1.21. The molecule has 2 heterocycles. The summed E-state index contributed by atoms with van der Waals surface area (Å²) >= 11 is 5.66. The average molecular weight is 210 g/mol. The van der Waals surface area contributed by atoms with Crippen molar-refractivity contribution in [1.82, 2.24) is 19.7 Å². The Morgan fingerprint density at radius 3 is 2.50 bits per heavy atom. The first-order valence-corrected chi connectivity index (χ1v) is 4.34. The molecule has 0 atom stereocenters. The highest BCUT2D eigenvalue weighted by Crippen LogP contribution is 2.10. The summed E-state index contributed by atoms with van der Waals surface area (Å²) in [4.78, 5) is 8.05. The molecule has 0 saturated heterocycles. The highest BCUT2D eigenvalue weighted by molar-refractivity contribution is 6.30. The molecule has 0 aromatic carbocycles. The van der Waals surface area contributed by atoms with Crippen LogP contribution in [-0.2, 0) is 0 Å². The van der Waals surface area contributed by atoms with Gasteiger partial charge in [0.25, 0.3) is 5.95 Å². The van der Waals surface area contributed by atoms with Crippen molar-refractivity contribution in [1.29, 1.82) is 0 Å². The minimum atomic E-state index is 0.445. The minimum Gasteiger partial charge on any atom is -0.382 e. The molecule has 5 nitrogen and oxygen atoms in total. The van der Waals surface area contributed by atoms with Crippen molar-refractivity contribution in [2.45, 2.75) is 6.92 Å². The molecule has 2 aromatic rings. The fraction of sp³-hybridized carbons (Fsp3) is 0.125. The highest BCUT2D eigenvalue weighted by Gasteiger charge is 2.05. The Hall–Kier alpha value is -1.62. The summed E-state index contributed by atoms with van der Waals surface area (Å²) < 4.78 is 1.56. The van der Waals surface area contributed by atoms with Gasteiger partial charge in [0.15, 0.2) is 0 Å². The lowest BCUT2D eigenvalue weighted by atomic mass is 10.5. The number of aromatic nitrogens is 4. The number of hydrogen-bond acceptors (Lipinski definition) is 4. The van der Waals surface area contributed by atoms with Crippen LogP contribution >= 0.6 is 11.6 Å². The lowest BCUT2D eigenvalue weighted by molar-refractivity contribution is 0.786. The zero-order valence-corrected chi connectivity index (χ0v) is 8.23. The number of rotatable bonds is 1. The normalized spacial score (nSPS) is 10.4. The number of halogens is 1. The van der Waals surface area contributed by atoms with Gasteiger partial charge in [-0.1, -0.05) is 11.6 Å². The van der Waals surface area contributed by atoms with Gasteiger partial charge in [0.05, 0.1) is 17.4 Å². The molecular formula is C8H8ClN5. The molecule has 2 aromatic heterocycles. The molecule has 0 fully saturated rings. The third-order valence-electron chi connectivity index (χ3n) is 1.70. The number of aryl methyl sites for hydroxylation is 1. The van der Waals surface area contributed by atoms with Crippen molar-refractivity contribution in [3.05, 3.63) is 29.2 Å². The first kappa shape index (κ1) is 8.96. The van der Waals surface area contributed by atoms with E-state index in [1.54, 1.807) is 10.7 Å². The van der Waals surface area contributed by atoms with Crippen molar-refractivity contribution in [3.63, 3.8) is 0 Å². The Morgan fingerprint density at radius 1 is 1.36 bits per heavy atom. The molecule has 0 aliphatic heterocycles. The van der Waals surface area contributed by atoms with Crippen molar-refractivity contribution in [3.8, 4) is 5.95 Å². The monoisotopic (exact) mass is 209 g/mol. The number of nitrogen functional groups attached to an aromatic ring is 1. The summed E-state index contributed by atoms with van der Waals surface area (Å²) in [5.41, 5.74) is 6.41. The number of nitrogens with zero attached hydrogens (tertiary/aromatic N) is 4.